The summed E-state index contributed by atoms with van der Waals surface area (Å²) < 4.78 is 38.0. The van der Waals surface area contributed by atoms with Gasteiger partial charge in [-0.1, -0.05) is 6.92 Å². The van der Waals surface area contributed by atoms with Crippen LogP contribution in [-0.4, -0.2) is 11.7 Å². The topological polar surface area (TPSA) is 20.2 Å². The summed E-state index contributed by atoms with van der Waals surface area (Å²) in [6, 6.07) is 1.90. The molecule has 0 aliphatic heterocycles. The van der Waals surface area contributed by atoms with Gasteiger partial charge in [0.15, 0.2) is 17.5 Å². The molecule has 0 saturated carbocycles. The lowest BCUT2D eigenvalue weighted by molar-refractivity contribution is 0.236. The second-order valence-electron chi connectivity index (χ2n) is 3.37. The van der Waals surface area contributed by atoms with Gasteiger partial charge in [-0.3, -0.25) is 0 Å². The van der Waals surface area contributed by atoms with Gasteiger partial charge in [-0.05, 0) is 30.0 Å². The molecule has 1 N–H and O–H groups in total. The van der Waals surface area contributed by atoms with Crippen molar-refractivity contribution in [2.24, 2.45) is 5.92 Å². The molecule has 78 valence electrons. The Hall–Kier alpha value is -1.03. The van der Waals surface area contributed by atoms with Crippen LogP contribution in [0.4, 0.5) is 13.2 Å². The summed E-state index contributed by atoms with van der Waals surface area (Å²) in [6.07, 6.45) is 0.324. The van der Waals surface area contributed by atoms with Crippen molar-refractivity contribution in [2.75, 3.05) is 6.61 Å². The first-order valence-corrected chi connectivity index (χ1v) is 4.29. The van der Waals surface area contributed by atoms with Gasteiger partial charge in [0.05, 0.1) is 0 Å². The molecule has 0 aliphatic rings. The highest BCUT2D eigenvalue weighted by atomic mass is 19.2. The van der Waals surface area contributed by atoms with Crippen LogP contribution in [0.3, 0.4) is 0 Å². The van der Waals surface area contributed by atoms with Crippen LogP contribution in [0.25, 0.3) is 0 Å². The average Bonchev–Trinajstić information content (AvgIpc) is 2.14. The van der Waals surface area contributed by atoms with E-state index in [0.29, 0.717) is 12.0 Å². The number of halogens is 3. The predicted octanol–water partition coefficient (Wildman–Crippen LogP) is 2.27. The molecule has 0 aliphatic carbocycles. The van der Waals surface area contributed by atoms with Crippen LogP contribution in [0.1, 0.15) is 12.5 Å². The Morgan fingerprint density at radius 3 is 2.14 bits per heavy atom. The molecule has 0 saturated heterocycles. The molecule has 0 aromatic heterocycles. The van der Waals surface area contributed by atoms with E-state index in [0.717, 1.165) is 12.1 Å². The second kappa shape index (κ2) is 4.46. The number of hydrogen-bond acceptors (Lipinski definition) is 1. The third-order valence-corrected chi connectivity index (χ3v) is 1.94. The largest absolute Gasteiger partial charge is 0.396 e. The fourth-order valence-electron chi connectivity index (χ4n) is 1.19. The van der Waals surface area contributed by atoms with E-state index in [4.69, 9.17) is 5.11 Å². The van der Waals surface area contributed by atoms with Crippen molar-refractivity contribution in [2.45, 2.75) is 13.3 Å². The smallest absolute Gasteiger partial charge is 0.194 e. The van der Waals surface area contributed by atoms with Gasteiger partial charge < -0.3 is 5.11 Å². The van der Waals surface area contributed by atoms with Crippen molar-refractivity contribution in [3.63, 3.8) is 0 Å². The SMILES string of the molecule is CC(CO)Cc1cc(F)c(F)c(F)c1. The minimum Gasteiger partial charge on any atom is -0.396 e. The number of benzene rings is 1. The van der Waals surface area contributed by atoms with E-state index in [9.17, 15) is 13.2 Å². The lowest BCUT2D eigenvalue weighted by atomic mass is 10.0. The molecule has 14 heavy (non-hydrogen) atoms. The molecule has 0 amide bonds. The van der Waals surface area contributed by atoms with Crippen LogP contribution in [0, 0.1) is 23.4 Å². The Morgan fingerprint density at radius 2 is 1.71 bits per heavy atom. The number of aliphatic hydroxyl groups excluding tert-OH is 1. The third kappa shape index (κ3) is 2.48. The van der Waals surface area contributed by atoms with Crippen LogP contribution < -0.4 is 0 Å². The zero-order valence-electron chi connectivity index (χ0n) is 7.73. The summed E-state index contributed by atoms with van der Waals surface area (Å²) in [6.45, 7) is 1.67. The van der Waals surface area contributed by atoms with E-state index in [1.54, 1.807) is 6.92 Å². The van der Waals surface area contributed by atoms with Crippen LogP contribution in [0.2, 0.25) is 0 Å². The molecule has 1 unspecified atom stereocenters. The van der Waals surface area contributed by atoms with Crippen LogP contribution in [0.15, 0.2) is 12.1 Å². The second-order valence-corrected chi connectivity index (χ2v) is 3.37. The quantitative estimate of drug-likeness (QED) is 0.749. The van der Waals surface area contributed by atoms with E-state index < -0.39 is 17.5 Å². The van der Waals surface area contributed by atoms with Gasteiger partial charge in [-0.2, -0.15) is 0 Å². The standard InChI is InChI=1S/C10H11F3O/c1-6(5-14)2-7-3-8(11)10(13)9(12)4-7/h3-4,6,14H,2,5H2,1H3. The molecular weight excluding hydrogens is 193 g/mol. The number of aliphatic hydroxyl groups is 1. The summed E-state index contributed by atoms with van der Waals surface area (Å²) in [7, 11) is 0. The zero-order valence-corrected chi connectivity index (χ0v) is 7.73. The lowest BCUT2D eigenvalue weighted by Gasteiger charge is -2.08. The molecule has 0 spiro atoms. The molecule has 0 bridgehead atoms. The van der Waals surface area contributed by atoms with E-state index >= 15 is 0 Å². The monoisotopic (exact) mass is 204 g/mol. The molecule has 1 rings (SSSR count). The molecule has 1 atom stereocenters. The van der Waals surface area contributed by atoms with Crippen molar-refractivity contribution < 1.29 is 18.3 Å². The first-order valence-electron chi connectivity index (χ1n) is 4.29. The van der Waals surface area contributed by atoms with E-state index in [1.807, 2.05) is 0 Å². The highest BCUT2D eigenvalue weighted by Crippen LogP contribution is 2.16. The number of hydrogen-bond donors (Lipinski definition) is 1. The first-order chi connectivity index (χ1) is 6.54. The molecule has 4 heteroatoms. The van der Waals surface area contributed by atoms with Gasteiger partial charge in [0.25, 0.3) is 0 Å². The fourth-order valence-corrected chi connectivity index (χ4v) is 1.19. The van der Waals surface area contributed by atoms with Crippen molar-refractivity contribution in [1.29, 1.82) is 0 Å². The van der Waals surface area contributed by atoms with Gasteiger partial charge in [-0.25, -0.2) is 13.2 Å². The van der Waals surface area contributed by atoms with Crippen molar-refractivity contribution >= 4 is 0 Å². The summed E-state index contributed by atoms with van der Waals surface area (Å²) in [4.78, 5) is 0. The Bertz CT molecular complexity index is 302. The highest BCUT2D eigenvalue weighted by molar-refractivity contribution is 5.19. The molecular formula is C10H11F3O. The van der Waals surface area contributed by atoms with Gasteiger partial charge in [0, 0.05) is 6.61 Å². The molecule has 1 aromatic rings. The first kappa shape index (κ1) is 11.0. The van der Waals surface area contributed by atoms with Gasteiger partial charge >= 0.3 is 0 Å². The van der Waals surface area contributed by atoms with E-state index in [-0.39, 0.29) is 12.5 Å². The summed E-state index contributed by atoms with van der Waals surface area (Å²) in [5.74, 6) is -3.93. The third-order valence-electron chi connectivity index (χ3n) is 1.94. The van der Waals surface area contributed by atoms with Crippen LogP contribution in [0.5, 0.6) is 0 Å². The molecule has 1 aromatic carbocycles. The Labute approximate surface area is 80.2 Å². The minimum atomic E-state index is -1.45. The highest BCUT2D eigenvalue weighted by Gasteiger charge is 2.11. The minimum absolute atomic E-state index is 0.0688. The summed E-state index contributed by atoms with van der Waals surface area (Å²) in [5, 5.41) is 8.73. The molecule has 0 heterocycles. The average molecular weight is 204 g/mol. The maximum absolute atomic E-state index is 12.7. The maximum atomic E-state index is 12.7. The van der Waals surface area contributed by atoms with Crippen molar-refractivity contribution in [1.82, 2.24) is 0 Å². The van der Waals surface area contributed by atoms with Gasteiger partial charge in [0.2, 0.25) is 0 Å². The zero-order chi connectivity index (χ0) is 10.7. The summed E-state index contributed by atoms with van der Waals surface area (Å²) in [5.41, 5.74) is 0.350. The van der Waals surface area contributed by atoms with Gasteiger partial charge in [0.1, 0.15) is 0 Å². The summed E-state index contributed by atoms with van der Waals surface area (Å²) >= 11 is 0. The Morgan fingerprint density at radius 1 is 1.21 bits per heavy atom. The van der Waals surface area contributed by atoms with Crippen molar-refractivity contribution in [3.05, 3.63) is 35.1 Å². The van der Waals surface area contributed by atoms with Crippen LogP contribution >= 0.6 is 0 Å². The predicted molar refractivity (Wildman–Crippen MR) is 46.3 cm³/mol. The van der Waals surface area contributed by atoms with Crippen LogP contribution in [-0.2, 0) is 6.42 Å². The van der Waals surface area contributed by atoms with E-state index in [1.165, 1.54) is 0 Å². The number of rotatable bonds is 3. The molecule has 1 nitrogen and oxygen atoms in total. The Kier molecular flexibility index (Phi) is 3.52. The van der Waals surface area contributed by atoms with Gasteiger partial charge in [-0.15, -0.1) is 0 Å². The maximum Gasteiger partial charge on any atom is 0.194 e. The lowest BCUT2D eigenvalue weighted by Crippen LogP contribution is -2.06. The molecule has 0 radical (unpaired) electrons. The molecule has 0 fully saturated rings. The Balaban J connectivity index is 2.89. The fraction of sp³-hybridized carbons (Fsp3) is 0.400. The normalized spacial score (nSPS) is 12.9. The van der Waals surface area contributed by atoms with Crippen molar-refractivity contribution in [3.8, 4) is 0 Å². The van der Waals surface area contributed by atoms with E-state index in [2.05, 4.69) is 0 Å².